The predicted octanol–water partition coefficient (Wildman–Crippen LogP) is 4.52. The molecule has 0 aliphatic carbocycles. The molecule has 6 nitrogen and oxygen atoms in total. The number of nitro groups is 1. The molecule has 0 aliphatic rings. The summed E-state index contributed by atoms with van der Waals surface area (Å²) in [6.45, 7) is 1.96. The van der Waals surface area contributed by atoms with Gasteiger partial charge in [0.1, 0.15) is 11.3 Å². The second-order valence-electron chi connectivity index (χ2n) is 5.20. The van der Waals surface area contributed by atoms with Crippen molar-refractivity contribution in [3.63, 3.8) is 0 Å². The lowest BCUT2D eigenvalue weighted by Gasteiger charge is -2.13. The van der Waals surface area contributed by atoms with E-state index in [4.69, 9.17) is 9.15 Å². The Balaban J connectivity index is 1.84. The van der Waals surface area contributed by atoms with Crippen LogP contribution in [0, 0.1) is 10.1 Å². The number of fused-ring (bicyclic) bond motifs is 1. The molecule has 23 heavy (non-hydrogen) atoms. The highest BCUT2D eigenvalue weighted by Gasteiger charge is 2.17. The van der Waals surface area contributed by atoms with Crippen molar-refractivity contribution in [3.05, 3.63) is 64.4 Å². The van der Waals surface area contributed by atoms with Crippen LogP contribution in [0.3, 0.4) is 0 Å². The number of para-hydroxylation sites is 1. The number of nitrogens with one attached hydrogen (secondary N) is 1. The molecule has 3 aromatic rings. The zero-order chi connectivity index (χ0) is 16.4. The van der Waals surface area contributed by atoms with E-state index >= 15 is 0 Å². The number of hydrogen-bond donors (Lipinski definition) is 1. The monoisotopic (exact) mass is 312 g/mol. The highest BCUT2D eigenvalue weighted by molar-refractivity contribution is 5.78. The van der Waals surface area contributed by atoms with Gasteiger partial charge in [-0.2, -0.15) is 0 Å². The number of benzene rings is 2. The molecule has 0 radical (unpaired) electrons. The molecule has 0 spiro atoms. The van der Waals surface area contributed by atoms with Gasteiger partial charge in [0.15, 0.2) is 5.75 Å². The van der Waals surface area contributed by atoms with Crippen LogP contribution in [-0.4, -0.2) is 12.0 Å². The molecule has 0 fully saturated rings. The number of rotatable bonds is 5. The topological polar surface area (TPSA) is 77.5 Å². The summed E-state index contributed by atoms with van der Waals surface area (Å²) in [5.74, 6) is 1.01. The summed E-state index contributed by atoms with van der Waals surface area (Å²) < 4.78 is 10.9. The number of methoxy groups -OCH3 is 1. The molecule has 0 saturated heterocycles. The van der Waals surface area contributed by atoms with E-state index < -0.39 is 4.92 Å². The SMILES string of the molecule is COc1cc(N[C@@H](C)c2cc3ccccc3o2)ccc1[N+](=O)[O-]. The Morgan fingerprint density at radius 2 is 2.00 bits per heavy atom. The third-order valence-electron chi connectivity index (χ3n) is 3.63. The first-order valence-corrected chi connectivity index (χ1v) is 7.16. The van der Waals surface area contributed by atoms with Crippen molar-refractivity contribution in [2.24, 2.45) is 0 Å². The van der Waals surface area contributed by atoms with Crippen LogP contribution in [0.4, 0.5) is 11.4 Å². The summed E-state index contributed by atoms with van der Waals surface area (Å²) in [6, 6.07) is 14.4. The highest BCUT2D eigenvalue weighted by atomic mass is 16.6. The maximum Gasteiger partial charge on any atom is 0.311 e. The van der Waals surface area contributed by atoms with Gasteiger partial charge in [0.25, 0.3) is 0 Å². The summed E-state index contributed by atoms with van der Waals surface area (Å²) in [6.07, 6.45) is 0. The van der Waals surface area contributed by atoms with Gasteiger partial charge in [-0.25, -0.2) is 0 Å². The van der Waals surface area contributed by atoms with Crippen LogP contribution in [0.2, 0.25) is 0 Å². The van der Waals surface area contributed by atoms with Gasteiger partial charge in [-0.3, -0.25) is 10.1 Å². The van der Waals surface area contributed by atoms with E-state index in [0.29, 0.717) is 0 Å². The summed E-state index contributed by atoms with van der Waals surface area (Å²) in [5.41, 5.74) is 1.49. The lowest BCUT2D eigenvalue weighted by atomic mass is 10.2. The third kappa shape index (κ3) is 2.96. The summed E-state index contributed by atoms with van der Waals surface area (Å²) in [7, 11) is 1.41. The van der Waals surface area contributed by atoms with E-state index in [1.54, 1.807) is 12.1 Å². The maximum absolute atomic E-state index is 10.9. The second kappa shape index (κ2) is 6.00. The largest absolute Gasteiger partial charge is 0.490 e. The lowest BCUT2D eigenvalue weighted by Crippen LogP contribution is -2.06. The van der Waals surface area contributed by atoms with Crippen LogP contribution in [0.1, 0.15) is 18.7 Å². The van der Waals surface area contributed by atoms with E-state index in [-0.39, 0.29) is 17.5 Å². The molecule has 3 rings (SSSR count). The van der Waals surface area contributed by atoms with Crippen molar-refractivity contribution in [2.45, 2.75) is 13.0 Å². The number of anilines is 1. The first kappa shape index (κ1) is 14.9. The van der Waals surface area contributed by atoms with Gasteiger partial charge in [0.05, 0.1) is 18.1 Å². The van der Waals surface area contributed by atoms with Crippen molar-refractivity contribution < 1.29 is 14.1 Å². The molecule has 1 N–H and O–H groups in total. The smallest absolute Gasteiger partial charge is 0.311 e. The van der Waals surface area contributed by atoms with Crippen LogP contribution in [0.5, 0.6) is 5.75 Å². The molecule has 1 heterocycles. The molecule has 118 valence electrons. The number of nitro benzene ring substituents is 1. The van der Waals surface area contributed by atoms with Crippen molar-refractivity contribution in [3.8, 4) is 5.75 Å². The fourth-order valence-corrected chi connectivity index (χ4v) is 2.46. The van der Waals surface area contributed by atoms with E-state index in [1.807, 2.05) is 37.3 Å². The number of hydrogen-bond acceptors (Lipinski definition) is 5. The van der Waals surface area contributed by atoms with Gasteiger partial charge in [-0.1, -0.05) is 18.2 Å². The Labute approximate surface area is 132 Å². The van der Waals surface area contributed by atoms with Crippen molar-refractivity contribution >= 4 is 22.3 Å². The van der Waals surface area contributed by atoms with Crippen LogP contribution in [-0.2, 0) is 0 Å². The Kier molecular flexibility index (Phi) is 3.89. The van der Waals surface area contributed by atoms with Gasteiger partial charge in [-0.05, 0) is 25.1 Å². The van der Waals surface area contributed by atoms with Crippen LogP contribution in [0.25, 0.3) is 11.0 Å². The zero-order valence-corrected chi connectivity index (χ0v) is 12.8. The minimum atomic E-state index is -0.467. The van der Waals surface area contributed by atoms with E-state index in [0.717, 1.165) is 22.4 Å². The highest BCUT2D eigenvalue weighted by Crippen LogP contribution is 2.32. The van der Waals surface area contributed by atoms with Gasteiger partial charge in [-0.15, -0.1) is 0 Å². The Bertz CT molecular complexity index is 824. The summed E-state index contributed by atoms with van der Waals surface area (Å²) in [4.78, 5) is 10.5. The maximum atomic E-state index is 10.9. The average molecular weight is 312 g/mol. The van der Waals surface area contributed by atoms with Gasteiger partial charge in [0, 0.05) is 23.2 Å². The van der Waals surface area contributed by atoms with Gasteiger partial charge < -0.3 is 14.5 Å². The first-order chi connectivity index (χ1) is 11.1. The number of nitrogens with zero attached hydrogens (tertiary/aromatic N) is 1. The molecule has 2 aromatic carbocycles. The molecular formula is C17H16N2O4. The minimum Gasteiger partial charge on any atom is -0.490 e. The number of furan rings is 1. The molecule has 0 aliphatic heterocycles. The number of ether oxygens (including phenoxy) is 1. The minimum absolute atomic E-state index is 0.0607. The second-order valence-corrected chi connectivity index (χ2v) is 5.20. The Morgan fingerprint density at radius 3 is 2.70 bits per heavy atom. The molecule has 0 bridgehead atoms. The zero-order valence-electron chi connectivity index (χ0n) is 12.8. The van der Waals surface area contributed by atoms with E-state index in [9.17, 15) is 10.1 Å². The average Bonchev–Trinajstić information content (AvgIpc) is 2.98. The van der Waals surface area contributed by atoms with Crippen molar-refractivity contribution in [1.29, 1.82) is 0 Å². The summed E-state index contributed by atoms with van der Waals surface area (Å²) in [5, 5.41) is 15.2. The van der Waals surface area contributed by atoms with E-state index in [1.165, 1.54) is 13.2 Å². The fourth-order valence-electron chi connectivity index (χ4n) is 2.46. The summed E-state index contributed by atoms with van der Waals surface area (Å²) >= 11 is 0. The Morgan fingerprint density at radius 1 is 1.22 bits per heavy atom. The third-order valence-corrected chi connectivity index (χ3v) is 3.63. The van der Waals surface area contributed by atoms with Gasteiger partial charge in [0.2, 0.25) is 0 Å². The lowest BCUT2D eigenvalue weighted by molar-refractivity contribution is -0.385. The van der Waals surface area contributed by atoms with Crippen molar-refractivity contribution in [2.75, 3.05) is 12.4 Å². The molecule has 0 unspecified atom stereocenters. The van der Waals surface area contributed by atoms with Crippen LogP contribution in [0.15, 0.2) is 52.9 Å². The molecule has 1 atom stereocenters. The molecule has 0 amide bonds. The van der Waals surface area contributed by atoms with Crippen LogP contribution >= 0.6 is 0 Å². The molecule has 0 saturated carbocycles. The Hall–Kier alpha value is -3.02. The predicted molar refractivity (Wildman–Crippen MR) is 87.9 cm³/mol. The molecular weight excluding hydrogens is 296 g/mol. The standard InChI is InChI=1S/C17H16N2O4/c1-11(16-9-12-5-3-4-6-15(12)23-16)18-13-7-8-14(19(20)21)17(10-13)22-2/h3-11,18H,1-2H3/t11-/m0/s1. The van der Waals surface area contributed by atoms with Crippen molar-refractivity contribution in [1.82, 2.24) is 0 Å². The molecule has 1 aromatic heterocycles. The first-order valence-electron chi connectivity index (χ1n) is 7.16. The fraction of sp³-hybridized carbons (Fsp3) is 0.176. The quantitative estimate of drug-likeness (QED) is 0.553. The van der Waals surface area contributed by atoms with Gasteiger partial charge >= 0.3 is 5.69 Å². The normalized spacial score (nSPS) is 12.1. The molecule has 6 heteroatoms. The van der Waals surface area contributed by atoms with Crippen LogP contribution < -0.4 is 10.1 Å². The van der Waals surface area contributed by atoms with E-state index in [2.05, 4.69) is 5.32 Å².